The summed E-state index contributed by atoms with van der Waals surface area (Å²) in [7, 11) is -0.695. The van der Waals surface area contributed by atoms with Gasteiger partial charge >= 0.3 is 0 Å². The van der Waals surface area contributed by atoms with Gasteiger partial charge in [-0.2, -0.15) is 0 Å². The minimum atomic E-state index is -0.695. The van der Waals surface area contributed by atoms with E-state index in [0.717, 1.165) is 38.0 Å². The third-order valence-electron chi connectivity index (χ3n) is 4.57. The summed E-state index contributed by atoms with van der Waals surface area (Å²) < 4.78 is 12.7. The van der Waals surface area contributed by atoms with Gasteiger partial charge in [-0.25, -0.2) is 0 Å². The molecule has 0 radical (unpaired) electrons. The Morgan fingerprint density at radius 2 is 1.95 bits per heavy atom. The summed E-state index contributed by atoms with van der Waals surface area (Å²) in [6, 6.07) is 11.2. The van der Waals surface area contributed by atoms with Crippen LogP contribution in [-0.2, 0) is 10.8 Å². The Labute approximate surface area is 132 Å². The summed E-state index contributed by atoms with van der Waals surface area (Å²) in [4.78, 5) is 0. The van der Waals surface area contributed by atoms with E-state index < -0.39 is 10.8 Å². The summed E-state index contributed by atoms with van der Waals surface area (Å²) in [5.41, 5.74) is 1.42. The van der Waals surface area contributed by atoms with Crippen molar-refractivity contribution in [3.05, 3.63) is 35.9 Å². The van der Waals surface area contributed by atoms with Gasteiger partial charge in [-0.15, -0.1) is 0 Å². The predicted molar refractivity (Wildman–Crippen MR) is 92.2 cm³/mol. The largest absolute Gasteiger partial charge is 0.313 e. The van der Waals surface area contributed by atoms with Crippen LogP contribution in [0.2, 0.25) is 0 Å². The molecule has 0 spiro atoms. The van der Waals surface area contributed by atoms with E-state index in [2.05, 4.69) is 49.5 Å². The van der Waals surface area contributed by atoms with Gasteiger partial charge in [-0.3, -0.25) is 4.21 Å². The van der Waals surface area contributed by atoms with Crippen LogP contribution in [-0.4, -0.2) is 27.8 Å². The first-order valence-corrected chi connectivity index (χ1v) is 9.80. The van der Waals surface area contributed by atoms with Crippen molar-refractivity contribution in [1.82, 2.24) is 5.32 Å². The molecular weight excluding hydrogens is 278 g/mol. The second-order valence-electron chi connectivity index (χ2n) is 6.06. The number of hydrogen-bond acceptors (Lipinski definition) is 2. The Morgan fingerprint density at radius 1 is 1.19 bits per heavy atom. The fourth-order valence-corrected chi connectivity index (χ4v) is 5.30. The van der Waals surface area contributed by atoms with E-state index in [1.54, 1.807) is 0 Å². The van der Waals surface area contributed by atoms with Gasteiger partial charge in [0.2, 0.25) is 0 Å². The third kappa shape index (κ3) is 4.65. The quantitative estimate of drug-likeness (QED) is 0.829. The highest BCUT2D eigenvalue weighted by molar-refractivity contribution is 7.85. The maximum absolute atomic E-state index is 12.7. The summed E-state index contributed by atoms with van der Waals surface area (Å²) >= 11 is 0. The number of nitrogens with one attached hydrogen (secondary N) is 1. The fourth-order valence-electron chi connectivity index (χ4n) is 3.38. The minimum Gasteiger partial charge on any atom is -0.313 e. The summed E-state index contributed by atoms with van der Waals surface area (Å²) in [6.45, 7) is 5.30. The highest BCUT2D eigenvalue weighted by Crippen LogP contribution is 2.35. The fraction of sp³-hybridized carbons (Fsp3) is 0.667. The van der Waals surface area contributed by atoms with Crippen molar-refractivity contribution < 1.29 is 4.21 Å². The SMILES string of the molecule is CCCCS(=O)C1CC(c2ccccc2)CCC1NCC. The molecule has 0 aromatic heterocycles. The molecule has 118 valence electrons. The van der Waals surface area contributed by atoms with Gasteiger partial charge in [0.25, 0.3) is 0 Å². The number of hydrogen-bond donors (Lipinski definition) is 1. The third-order valence-corrected chi connectivity index (χ3v) is 6.45. The molecule has 4 atom stereocenters. The molecular formula is C18H29NOS. The topological polar surface area (TPSA) is 29.1 Å². The molecule has 0 amide bonds. The van der Waals surface area contributed by atoms with Gasteiger partial charge in [0, 0.05) is 22.6 Å². The van der Waals surface area contributed by atoms with Gasteiger partial charge in [0.05, 0.1) is 5.25 Å². The minimum absolute atomic E-state index is 0.315. The molecule has 4 unspecified atom stereocenters. The van der Waals surface area contributed by atoms with Gasteiger partial charge < -0.3 is 5.32 Å². The Balaban J connectivity index is 2.06. The zero-order valence-corrected chi connectivity index (χ0v) is 14.2. The van der Waals surface area contributed by atoms with Crippen molar-refractivity contribution >= 4 is 10.8 Å². The molecule has 1 aromatic carbocycles. The maximum atomic E-state index is 12.7. The van der Waals surface area contributed by atoms with E-state index in [4.69, 9.17) is 0 Å². The molecule has 1 saturated carbocycles. The zero-order chi connectivity index (χ0) is 15.1. The first kappa shape index (κ1) is 16.7. The summed E-state index contributed by atoms with van der Waals surface area (Å²) in [5.74, 6) is 1.45. The first-order valence-electron chi connectivity index (χ1n) is 8.41. The maximum Gasteiger partial charge on any atom is 0.0507 e. The summed E-state index contributed by atoms with van der Waals surface area (Å²) in [6.07, 6.45) is 5.64. The molecule has 1 aliphatic rings. The van der Waals surface area contributed by atoms with E-state index in [1.807, 2.05) is 0 Å². The highest BCUT2D eigenvalue weighted by Gasteiger charge is 2.34. The van der Waals surface area contributed by atoms with Gasteiger partial charge in [-0.1, -0.05) is 50.6 Å². The Bertz CT molecular complexity index is 434. The molecule has 1 N–H and O–H groups in total. The molecule has 21 heavy (non-hydrogen) atoms. The molecule has 2 nitrogen and oxygen atoms in total. The van der Waals surface area contributed by atoms with Crippen molar-refractivity contribution in [2.24, 2.45) is 0 Å². The van der Waals surface area contributed by atoms with Crippen molar-refractivity contribution in [2.45, 2.75) is 63.2 Å². The van der Waals surface area contributed by atoms with Crippen molar-refractivity contribution in [3.63, 3.8) is 0 Å². The lowest BCUT2D eigenvalue weighted by atomic mass is 9.81. The number of unbranched alkanes of at least 4 members (excludes halogenated alkanes) is 1. The van der Waals surface area contributed by atoms with Crippen LogP contribution in [0, 0.1) is 0 Å². The van der Waals surface area contributed by atoms with Crippen LogP contribution >= 0.6 is 0 Å². The van der Waals surface area contributed by atoms with Gasteiger partial charge in [0.1, 0.15) is 0 Å². The smallest absolute Gasteiger partial charge is 0.0507 e. The Hall–Kier alpha value is -0.670. The van der Waals surface area contributed by atoms with Gasteiger partial charge in [0.15, 0.2) is 0 Å². The normalized spacial score (nSPS) is 27.4. The molecule has 0 heterocycles. The van der Waals surface area contributed by atoms with E-state index in [1.165, 1.54) is 12.0 Å². The average molecular weight is 308 g/mol. The van der Waals surface area contributed by atoms with Crippen molar-refractivity contribution in [2.75, 3.05) is 12.3 Å². The monoisotopic (exact) mass is 307 g/mol. The molecule has 1 aliphatic carbocycles. The first-order chi connectivity index (χ1) is 10.3. The summed E-state index contributed by atoms with van der Waals surface area (Å²) in [5, 5.41) is 3.89. The van der Waals surface area contributed by atoms with E-state index in [0.29, 0.717) is 17.2 Å². The van der Waals surface area contributed by atoms with Crippen LogP contribution in [0.4, 0.5) is 0 Å². The zero-order valence-electron chi connectivity index (χ0n) is 13.4. The van der Waals surface area contributed by atoms with Crippen LogP contribution in [0.5, 0.6) is 0 Å². The van der Waals surface area contributed by atoms with Gasteiger partial charge in [-0.05, 0) is 43.7 Å². The van der Waals surface area contributed by atoms with Crippen LogP contribution in [0.1, 0.15) is 57.4 Å². The lowest BCUT2D eigenvalue weighted by Gasteiger charge is -2.36. The molecule has 1 fully saturated rings. The van der Waals surface area contributed by atoms with E-state index in [-0.39, 0.29) is 0 Å². The molecule has 0 bridgehead atoms. The van der Waals surface area contributed by atoms with Crippen LogP contribution in [0.25, 0.3) is 0 Å². The van der Waals surface area contributed by atoms with Crippen LogP contribution < -0.4 is 5.32 Å². The van der Waals surface area contributed by atoms with Crippen molar-refractivity contribution in [3.8, 4) is 0 Å². The lowest BCUT2D eigenvalue weighted by Crippen LogP contribution is -2.46. The second kappa shape index (κ2) is 8.70. The molecule has 2 rings (SSSR count). The molecule has 1 aromatic rings. The van der Waals surface area contributed by atoms with Crippen LogP contribution in [0.3, 0.4) is 0 Å². The average Bonchev–Trinajstić information content (AvgIpc) is 2.54. The van der Waals surface area contributed by atoms with E-state index >= 15 is 0 Å². The molecule has 3 heteroatoms. The number of rotatable bonds is 7. The standard InChI is InChI=1S/C18H29NOS/c1-3-5-13-21(20)18-14-16(11-12-17(18)19-4-2)15-9-7-6-8-10-15/h6-10,16-19H,3-5,11-14H2,1-2H3. The number of benzene rings is 1. The molecule has 0 saturated heterocycles. The van der Waals surface area contributed by atoms with Crippen molar-refractivity contribution in [1.29, 1.82) is 0 Å². The highest BCUT2D eigenvalue weighted by atomic mass is 32.2. The predicted octanol–water partition coefficient (Wildman–Crippen LogP) is 3.85. The molecule has 0 aliphatic heterocycles. The Morgan fingerprint density at radius 3 is 2.62 bits per heavy atom. The Kier molecular flexibility index (Phi) is 6.91. The lowest BCUT2D eigenvalue weighted by molar-refractivity contribution is 0.353. The van der Waals surface area contributed by atoms with E-state index in [9.17, 15) is 4.21 Å². The van der Waals surface area contributed by atoms with Crippen LogP contribution in [0.15, 0.2) is 30.3 Å². The second-order valence-corrected chi connectivity index (χ2v) is 7.84.